The van der Waals surface area contributed by atoms with Crippen molar-refractivity contribution in [1.29, 1.82) is 0 Å². The first kappa shape index (κ1) is 34.7. The third-order valence-electron chi connectivity index (χ3n) is 6.36. The summed E-state index contributed by atoms with van der Waals surface area (Å²) in [5.74, 6) is -7.43. The van der Waals surface area contributed by atoms with Gasteiger partial charge in [-0.15, -0.1) is 0 Å². The second-order valence-electron chi connectivity index (χ2n) is 9.35. The van der Waals surface area contributed by atoms with Crippen molar-refractivity contribution in [2.24, 2.45) is 0 Å². The van der Waals surface area contributed by atoms with Gasteiger partial charge in [0.2, 0.25) is 18.0 Å². The minimum atomic E-state index is -5.46. The van der Waals surface area contributed by atoms with Crippen molar-refractivity contribution >= 4 is 28.2 Å². The van der Waals surface area contributed by atoms with E-state index in [4.69, 9.17) is 23.7 Å². The average molecular weight is 652 g/mol. The highest BCUT2D eigenvalue weighted by molar-refractivity contribution is 7.80. The lowest BCUT2D eigenvalue weighted by Gasteiger charge is -2.48. The van der Waals surface area contributed by atoms with Crippen molar-refractivity contribution in [1.82, 2.24) is 5.32 Å². The van der Waals surface area contributed by atoms with E-state index >= 15 is 0 Å². The first-order chi connectivity index (χ1) is 19.9. The van der Waals surface area contributed by atoms with Gasteiger partial charge in [0.1, 0.15) is 54.9 Å². The van der Waals surface area contributed by atoms with Crippen LogP contribution >= 0.6 is 0 Å². The Balaban J connectivity index is 2.08. The van der Waals surface area contributed by atoms with Crippen molar-refractivity contribution in [3.63, 3.8) is 0 Å². The summed E-state index contributed by atoms with van der Waals surface area (Å²) >= 11 is 0. The number of aliphatic hydroxyl groups is 7. The number of hydrogen-bond acceptors (Lipinski definition) is 18. The molecule has 0 aromatic heterocycles. The summed E-state index contributed by atoms with van der Waals surface area (Å²) in [6.45, 7) is -0.305. The smallest absolute Gasteiger partial charge is 0.397 e. The second kappa shape index (κ2) is 13.5. The molecular weight excluding hydrogens is 622 g/mol. The van der Waals surface area contributed by atoms with Crippen molar-refractivity contribution in [2.45, 2.75) is 86.8 Å². The molecule has 0 aromatic rings. The number of carboxylic acid groups (broad SMARTS) is 2. The molecule has 22 nitrogen and oxygen atoms in total. The van der Waals surface area contributed by atoms with Crippen LogP contribution in [0.4, 0.5) is 0 Å². The molecule has 43 heavy (non-hydrogen) atoms. The molecule has 1 amide bonds. The van der Waals surface area contributed by atoms with Crippen molar-refractivity contribution in [3.8, 4) is 0 Å². The van der Waals surface area contributed by atoms with E-state index in [1.54, 1.807) is 0 Å². The number of carbonyl (C=O) groups excluding carboxylic acids is 1. The van der Waals surface area contributed by atoms with Crippen LogP contribution in [0.25, 0.3) is 0 Å². The summed E-state index contributed by atoms with van der Waals surface area (Å²) in [6, 6.07) is -1.96. The molecule has 0 spiro atoms. The first-order valence-electron chi connectivity index (χ1n) is 12.0. The standard InChI is InChI=1S/C20H29NO21S/c1-3(23)21-5-12(39-20-10(28)6(24)7(25)14(41-20)16(29)30)11(42-43(34,35)36)4(2-22)37-19(5)40-13-8(26)9(27)18(33)38-15(13)17(31)32/h4-6,8-13,15,18-20,22,24-28,33H,2H2,1H3,(H,21,23)(H,29,30)(H,31,32)(H,34,35,36)/t4-,5-,6+,8-,9-,10-,11+,12-,13+,15+,18-,19+,20-/m1/s1. The first-order valence-corrected chi connectivity index (χ1v) is 13.4. The fourth-order valence-electron chi connectivity index (χ4n) is 4.44. The molecule has 2 fully saturated rings. The Morgan fingerprint density at radius 1 is 0.907 bits per heavy atom. The average Bonchev–Trinajstić information content (AvgIpc) is 2.90. The predicted molar refractivity (Wildman–Crippen MR) is 124 cm³/mol. The number of aliphatic hydroxyl groups excluding tert-OH is 7. The highest BCUT2D eigenvalue weighted by Crippen LogP contribution is 2.34. The summed E-state index contributed by atoms with van der Waals surface area (Å²) in [4.78, 5) is 35.4. The van der Waals surface area contributed by atoms with E-state index in [1.807, 2.05) is 0 Å². The number of hydrogen-bond donors (Lipinski definition) is 11. The van der Waals surface area contributed by atoms with E-state index in [0.29, 0.717) is 0 Å². The maximum absolute atomic E-state index is 12.1. The largest absolute Gasteiger partial charge is 0.506 e. The molecule has 3 aliphatic heterocycles. The quantitative estimate of drug-likeness (QED) is 0.0978. The maximum Gasteiger partial charge on any atom is 0.397 e. The van der Waals surface area contributed by atoms with Crippen LogP contribution < -0.4 is 5.32 Å². The van der Waals surface area contributed by atoms with Crippen molar-refractivity contribution < 1.29 is 101 Å². The lowest BCUT2D eigenvalue weighted by Crippen LogP contribution is -2.69. The highest BCUT2D eigenvalue weighted by Gasteiger charge is 2.56. The molecule has 0 saturated carbocycles. The normalized spacial score (nSPS) is 40.4. The number of amides is 1. The molecule has 13 atom stereocenters. The molecule has 0 unspecified atom stereocenters. The SMILES string of the molecule is CC(=O)N[C@H]1[C@H](O[C@H]2[C@H](O)[C@@H](O)[C@H](O)O[C@@H]2C(=O)O)O[C@H](CO)[C@H](OS(=O)(=O)O)[C@@H]1O[C@@H]1OC(C(=O)O)=C(O)[C@H](O)[C@H]1O. The fraction of sp³-hybridized carbons (Fsp3) is 0.750. The zero-order valence-electron chi connectivity index (χ0n) is 21.6. The number of ether oxygens (including phenoxy) is 5. The van der Waals surface area contributed by atoms with Gasteiger partial charge in [0.25, 0.3) is 0 Å². The molecule has 0 bridgehead atoms. The summed E-state index contributed by atoms with van der Waals surface area (Å²) in [7, 11) is -5.46. The van der Waals surface area contributed by atoms with Crippen LogP contribution in [0.1, 0.15) is 6.92 Å². The molecule has 0 aliphatic carbocycles. The predicted octanol–water partition coefficient (Wildman–Crippen LogP) is -6.38. The summed E-state index contributed by atoms with van der Waals surface area (Å²) in [5.41, 5.74) is 0. The summed E-state index contributed by atoms with van der Waals surface area (Å²) in [5, 5.41) is 91.4. The Labute approximate surface area is 240 Å². The Bertz CT molecular complexity index is 1190. The number of carbonyl (C=O) groups is 3. The van der Waals surface area contributed by atoms with Gasteiger partial charge in [0.05, 0.1) is 6.61 Å². The Morgan fingerprint density at radius 2 is 1.51 bits per heavy atom. The molecule has 2 saturated heterocycles. The van der Waals surface area contributed by atoms with Crippen LogP contribution in [-0.2, 0) is 52.7 Å². The topological polar surface area (TPSA) is 355 Å². The third kappa shape index (κ3) is 7.66. The van der Waals surface area contributed by atoms with Crippen LogP contribution in [0.3, 0.4) is 0 Å². The van der Waals surface area contributed by atoms with E-state index in [2.05, 4.69) is 9.50 Å². The Kier molecular flexibility index (Phi) is 10.9. The van der Waals surface area contributed by atoms with Gasteiger partial charge in [0, 0.05) is 6.92 Å². The van der Waals surface area contributed by atoms with Gasteiger partial charge in [-0.2, -0.15) is 8.42 Å². The molecule has 3 rings (SSSR count). The lowest BCUT2D eigenvalue weighted by atomic mass is 9.94. The fourth-order valence-corrected chi connectivity index (χ4v) is 4.96. The Hall–Kier alpha value is -2.78. The molecule has 11 N–H and O–H groups in total. The monoisotopic (exact) mass is 651 g/mol. The number of aliphatic carboxylic acids is 2. The summed E-state index contributed by atoms with van der Waals surface area (Å²) < 4.78 is 63.3. The minimum Gasteiger partial charge on any atom is -0.506 e. The third-order valence-corrected chi connectivity index (χ3v) is 6.83. The van der Waals surface area contributed by atoms with E-state index in [9.17, 15) is 73.3 Å². The van der Waals surface area contributed by atoms with E-state index in [0.717, 1.165) is 6.92 Å². The number of carboxylic acids is 2. The molecule has 23 heteroatoms. The molecule has 0 radical (unpaired) electrons. The zero-order valence-corrected chi connectivity index (χ0v) is 22.4. The van der Waals surface area contributed by atoms with E-state index in [1.165, 1.54) is 0 Å². The molecular formula is C20H29NO21S. The van der Waals surface area contributed by atoms with Crippen LogP contribution in [0, 0.1) is 0 Å². The number of rotatable bonds is 10. The highest BCUT2D eigenvalue weighted by atomic mass is 32.3. The van der Waals surface area contributed by atoms with Gasteiger partial charge in [0.15, 0.2) is 24.4 Å². The van der Waals surface area contributed by atoms with Crippen LogP contribution in [0.15, 0.2) is 11.5 Å². The van der Waals surface area contributed by atoms with Gasteiger partial charge >= 0.3 is 22.3 Å². The minimum absolute atomic E-state index is 0.892. The molecule has 246 valence electrons. The van der Waals surface area contributed by atoms with Crippen LogP contribution in [-0.4, -0.2) is 163 Å². The van der Waals surface area contributed by atoms with Crippen LogP contribution in [0.5, 0.6) is 0 Å². The number of nitrogens with one attached hydrogen (secondary N) is 1. The van der Waals surface area contributed by atoms with Gasteiger partial charge in [-0.25, -0.2) is 13.8 Å². The van der Waals surface area contributed by atoms with E-state index < -0.39 is 126 Å². The van der Waals surface area contributed by atoms with Crippen molar-refractivity contribution in [2.75, 3.05) is 6.61 Å². The van der Waals surface area contributed by atoms with Gasteiger partial charge in [-0.3, -0.25) is 9.35 Å². The van der Waals surface area contributed by atoms with Crippen molar-refractivity contribution in [3.05, 3.63) is 11.5 Å². The van der Waals surface area contributed by atoms with Gasteiger partial charge in [-0.05, 0) is 0 Å². The van der Waals surface area contributed by atoms with Crippen LogP contribution in [0.2, 0.25) is 0 Å². The molecule has 3 aliphatic rings. The lowest BCUT2D eigenvalue weighted by molar-refractivity contribution is -0.345. The maximum atomic E-state index is 12.1. The Morgan fingerprint density at radius 3 is 2.02 bits per heavy atom. The zero-order chi connectivity index (χ0) is 32.5. The molecule has 0 aromatic carbocycles. The van der Waals surface area contributed by atoms with Gasteiger partial charge in [-0.1, -0.05) is 0 Å². The van der Waals surface area contributed by atoms with Gasteiger partial charge < -0.3 is 75.0 Å². The molecule has 3 heterocycles. The van der Waals surface area contributed by atoms with E-state index in [-0.39, 0.29) is 0 Å². The summed E-state index contributed by atoms with van der Waals surface area (Å²) in [6.07, 6.45) is -26.3. The second-order valence-corrected chi connectivity index (χ2v) is 10.4.